The normalized spacial score (nSPS) is 10.7. The SMILES string of the molecule is Cc1ccoc1-c1onc(N)c1-c1ccncc1. The van der Waals surface area contributed by atoms with Gasteiger partial charge >= 0.3 is 0 Å². The first-order chi connectivity index (χ1) is 8.77. The van der Waals surface area contributed by atoms with Crippen molar-refractivity contribution in [3.63, 3.8) is 0 Å². The van der Waals surface area contributed by atoms with E-state index in [-0.39, 0.29) is 0 Å². The first-order valence-electron chi connectivity index (χ1n) is 5.47. The fourth-order valence-corrected chi connectivity index (χ4v) is 1.86. The summed E-state index contributed by atoms with van der Waals surface area (Å²) < 4.78 is 10.7. The molecule has 0 aliphatic carbocycles. The van der Waals surface area contributed by atoms with E-state index in [1.165, 1.54) is 0 Å². The third-order valence-electron chi connectivity index (χ3n) is 2.76. The lowest BCUT2D eigenvalue weighted by molar-refractivity contribution is 0.421. The van der Waals surface area contributed by atoms with Crippen LogP contribution in [-0.4, -0.2) is 10.1 Å². The highest BCUT2D eigenvalue weighted by atomic mass is 16.5. The van der Waals surface area contributed by atoms with Gasteiger partial charge in [0.15, 0.2) is 11.6 Å². The van der Waals surface area contributed by atoms with Gasteiger partial charge in [0.25, 0.3) is 0 Å². The molecule has 90 valence electrons. The van der Waals surface area contributed by atoms with Gasteiger partial charge in [0, 0.05) is 12.4 Å². The monoisotopic (exact) mass is 241 g/mol. The summed E-state index contributed by atoms with van der Waals surface area (Å²) in [5, 5.41) is 3.81. The minimum atomic E-state index is 0.340. The number of anilines is 1. The van der Waals surface area contributed by atoms with E-state index in [0.29, 0.717) is 17.3 Å². The molecule has 0 saturated carbocycles. The van der Waals surface area contributed by atoms with Crippen molar-refractivity contribution in [2.45, 2.75) is 6.92 Å². The van der Waals surface area contributed by atoms with E-state index >= 15 is 0 Å². The summed E-state index contributed by atoms with van der Waals surface area (Å²) in [4.78, 5) is 3.98. The van der Waals surface area contributed by atoms with Crippen LogP contribution in [0.1, 0.15) is 5.56 Å². The molecule has 2 N–H and O–H groups in total. The molecule has 0 aliphatic heterocycles. The van der Waals surface area contributed by atoms with Gasteiger partial charge < -0.3 is 14.7 Å². The number of nitrogens with zero attached hydrogens (tertiary/aromatic N) is 2. The van der Waals surface area contributed by atoms with Gasteiger partial charge in [-0.25, -0.2) is 0 Å². The molecule has 0 aromatic carbocycles. The van der Waals surface area contributed by atoms with Crippen LogP contribution in [0.4, 0.5) is 5.82 Å². The molecule has 18 heavy (non-hydrogen) atoms. The number of aromatic nitrogens is 2. The van der Waals surface area contributed by atoms with Crippen LogP contribution < -0.4 is 5.73 Å². The van der Waals surface area contributed by atoms with Crippen LogP contribution in [0, 0.1) is 6.92 Å². The van der Waals surface area contributed by atoms with Crippen LogP contribution in [0.3, 0.4) is 0 Å². The van der Waals surface area contributed by atoms with Gasteiger partial charge in [-0.1, -0.05) is 5.16 Å². The molecule has 3 aromatic rings. The Kier molecular flexibility index (Phi) is 2.37. The summed E-state index contributed by atoms with van der Waals surface area (Å²) >= 11 is 0. The first-order valence-corrected chi connectivity index (χ1v) is 5.47. The second kappa shape index (κ2) is 4.03. The first kappa shape index (κ1) is 10.6. The fourth-order valence-electron chi connectivity index (χ4n) is 1.86. The second-order valence-electron chi connectivity index (χ2n) is 3.94. The van der Waals surface area contributed by atoms with Gasteiger partial charge in [-0.15, -0.1) is 0 Å². The molecular weight excluding hydrogens is 230 g/mol. The fraction of sp³-hybridized carbons (Fsp3) is 0.0769. The third kappa shape index (κ3) is 1.57. The van der Waals surface area contributed by atoms with Crippen molar-refractivity contribution in [3.8, 4) is 22.6 Å². The number of nitrogens with two attached hydrogens (primary N) is 1. The molecular formula is C13H11N3O2. The molecule has 0 amide bonds. The number of hydrogen-bond donors (Lipinski definition) is 1. The topological polar surface area (TPSA) is 78.1 Å². The van der Waals surface area contributed by atoms with Gasteiger partial charge in [-0.05, 0) is 36.2 Å². The number of rotatable bonds is 2. The Morgan fingerprint density at radius 3 is 2.56 bits per heavy atom. The smallest absolute Gasteiger partial charge is 0.212 e. The van der Waals surface area contributed by atoms with Crippen molar-refractivity contribution in [3.05, 3.63) is 42.4 Å². The van der Waals surface area contributed by atoms with Crippen LogP contribution in [-0.2, 0) is 0 Å². The zero-order valence-corrected chi connectivity index (χ0v) is 9.75. The standard InChI is InChI=1S/C13H11N3O2/c1-8-4-7-17-11(8)12-10(13(14)16-18-12)9-2-5-15-6-3-9/h2-7H,1H3,(H2,14,16). The zero-order chi connectivity index (χ0) is 12.5. The average Bonchev–Trinajstić information content (AvgIpc) is 2.96. The Morgan fingerprint density at radius 1 is 1.11 bits per heavy atom. The highest BCUT2D eigenvalue weighted by Crippen LogP contribution is 2.37. The molecule has 0 saturated heterocycles. The van der Waals surface area contributed by atoms with Crippen molar-refractivity contribution in [2.75, 3.05) is 5.73 Å². The summed E-state index contributed by atoms with van der Waals surface area (Å²) in [5.41, 5.74) is 8.47. The molecule has 3 rings (SSSR count). The van der Waals surface area contributed by atoms with E-state index in [2.05, 4.69) is 10.1 Å². The molecule has 0 radical (unpaired) electrons. The average molecular weight is 241 g/mol. The van der Waals surface area contributed by atoms with Gasteiger partial charge in [0.2, 0.25) is 5.76 Å². The summed E-state index contributed by atoms with van der Waals surface area (Å²) in [6.45, 7) is 1.94. The predicted molar refractivity (Wildman–Crippen MR) is 66.6 cm³/mol. The maximum Gasteiger partial charge on any atom is 0.212 e. The molecule has 0 spiro atoms. The van der Waals surface area contributed by atoms with Gasteiger partial charge in [-0.2, -0.15) is 0 Å². The quantitative estimate of drug-likeness (QED) is 0.746. The molecule has 0 unspecified atom stereocenters. The van der Waals surface area contributed by atoms with Gasteiger partial charge in [0.05, 0.1) is 11.8 Å². The lowest BCUT2D eigenvalue weighted by Crippen LogP contribution is -1.89. The summed E-state index contributed by atoms with van der Waals surface area (Å²) in [7, 11) is 0. The van der Waals surface area contributed by atoms with Crippen LogP contribution in [0.2, 0.25) is 0 Å². The molecule has 0 fully saturated rings. The summed E-state index contributed by atoms with van der Waals surface area (Å²) in [5.74, 6) is 1.53. The number of nitrogen functional groups attached to an aromatic ring is 1. The summed E-state index contributed by atoms with van der Waals surface area (Å²) in [6, 6.07) is 5.57. The Hall–Kier alpha value is -2.56. The predicted octanol–water partition coefficient (Wildman–Crippen LogP) is 2.89. The Balaban J connectivity index is 2.22. The molecule has 3 aromatic heterocycles. The van der Waals surface area contributed by atoms with Crippen molar-refractivity contribution >= 4 is 5.82 Å². The highest BCUT2D eigenvalue weighted by Gasteiger charge is 2.21. The number of hydrogen-bond acceptors (Lipinski definition) is 5. The molecule has 3 heterocycles. The largest absolute Gasteiger partial charge is 0.461 e. The van der Waals surface area contributed by atoms with Gasteiger partial charge in [-0.3, -0.25) is 4.98 Å². The van der Waals surface area contributed by atoms with E-state index in [0.717, 1.165) is 16.7 Å². The number of pyridine rings is 1. The minimum Gasteiger partial charge on any atom is -0.461 e. The van der Waals surface area contributed by atoms with Crippen molar-refractivity contribution < 1.29 is 8.94 Å². The van der Waals surface area contributed by atoms with E-state index in [1.54, 1.807) is 18.7 Å². The van der Waals surface area contributed by atoms with E-state index in [1.807, 2.05) is 25.1 Å². The lowest BCUT2D eigenvalue weighted by atomic mass is 10.0. The van der Waals surface area contributed by atoms with Crippen LogP contribution >= 0.6 is 0 Å². The molecule has 5 nitrogen and oxygen atoms in total. The minimum absolute atomic E-state index is 0.340. The Labute approximate surface area is 103 Å². The van der Waals surface area contributed by atoms with E-state index in [9.17, 15) is 0 Å². The Morgan fingerprint density at radius 2 is 1.89 bits per heavy atom. The van der Waals surface area contributed by atoms with Crippen LogP contribution in [0.15, 0.2) is 45.8 Å². The van der Waals surface area contributed by atoms with E-state index < -0.39 is 0 Å². The highest BCUT2D eigenvalue weighted by molar-refractivity contribution is 5.85. The van der Waals surface area contributed by atoms with Crippen LogP contribution in [0.25, 0.3) is 22.6 Å². The molecule has 0 atom stereocenters. The summed E-state index contributed by atoms with van der Waals surface area (Å²) in [6.07, 6.45) is 5.00. The molecule has 0 bridgehead atoms. The van der Waals surface area contributed by atoms with Crippen molar-refractivity contribution in [1.82, 2.24) is 10.1 Å². The lowest BCUT2D eigenvalue weighted by Gasteiger charge is -2.00. The van der Waals surface area contributed by atoms with Crippen molar-refractivity contribution in [2.24, 2.45) is 0 Å². The molecule has 0 aliphatic rings. The van der Waals surface area contributed by atoms with Gasteiger partial charge in [0.1, 0.15) is 0 Å². The molecule has 5 heteroatoms. The third-order valence-corrected chi connectivity index (χ3v) is 2.76. The second-order valence-corrected chi connectivity index (χ2v) is 3.94. The van der Waals surface area contributed by atoms with Crippen molar-refractivity contribution in [1.29, 1.82) is 0 Å². The number of aryl methyl sites for hydroxylation is 1. The number of furan rings is 1. The Bertz CT molecular complexity index is 671. The maximum absolute atomic E-state index is 5.86. The maximum atomic E-state index is 5.86. The zero-order valence-electron chi connectivity index (χ0n) is 9.75. The van der Waals surface area contributed by atoms with Crippen LogP contribution in [0.5, 0.6) is 0 Å². The van der Waals surface area contributed by atoms with E-state index in [4.69, 9.17) is 14.7 Å².